The van der Waals surface area contributed by atoms with Gasteiger partial charge in [-0.3, -0.25) is 4.79 Å². The van der Waals surface area contributed by atoms with Gasteiger partial charge in [0.2, 0.25) is 5.91 Å². The van der Waals surface area contributed by atoms with E-state index in [1.165, 1.54) is 0 Å². The molecule has 1 aromatic carbocycles. The molecule has 0 fully saturated rings. The third kappa shape index (κ3) is 4.59. The molecular formula is C16H15ClN2OS. The molecule has 0 radical (unpaired) electrons. The Labute approximate surface area is 133 Å². The molecule has 0 saturated heterocycles. The Hall–Kier alpha value is -1.83. The summed E-state index contributed by atoms with van der Waals surface area (Å²) in [5.74, 6) is -0.0450. The van der Waals surface area contributed by atoms with Gasteiger partial charge in [0.05, 0.1) is 12.1 Å². The van der Waals surface area contributed by atoms with Gasteiger partial charge in [-0.25, -0.2) is 0 Å². The minimum absolute atomic E-state index is 0.0450. The number of nitriles is 1. The summed E-state index contributed by atoms with van der Waals surface area (Å²) in [6, 6.07) is 11.3. The van der Waals surface area contributed by atoms with E-state index in [0.717, 1.165) is 11.1 Å². The Morgan fingerprint density at radius 2 is 2.05 bits per heavy atom. The lowest BCUT2D eigenvalue weighted by Gasteiger charge is -2.18. The largest absolute Gasteiger partial charge is 0.345 e. The Morgan fingerprint density at radius 3 is 2.67 bits per heavy atom. The van der Waals surface area contributed by atoms with Crippen LogP contribution < -0.4 is 5.32 Å². The van der Waals surface area contributed by atoms with E-state index >= 15 is 0 Å². The van der Waals surface area contributed by atoms with E-state index in [2.05, 4.69) is 5.32 Å². The van der Waals surface area contributed by atoms with Crippen LogP contribution in [0.3, 0.4) is 0 Å². The van der Waals surface area contributed by atoms with E-state index in [1.807, 2.05) is 47.2 Å². The van der Waals surface area contributed by atoms with Gasteiger partial charge in [-0.15, -0.1) is 0 Å². The molecule has 0 aliphatic rings. The van der Waals surface area contributed by atoms with Gasteiger partial charge in [0.1, 0.15) is 0 Å². The number of carbonyl (C=O) groups is 1. The lowest BCUT2D eigenvalue weighted by atomic mass is 10.0. The highest BCUT2D eigenvalue weighted by Gasteiger charge is 2.17. The molecular weight excluding hydrogens is 304 g/mol. The maximum atomic E-state index is 12.0. The Morgan fingerprint density at radius 1 is 1.29 bits per heavy atom. The number of carbonyl (C=O) groups excluding carboxylic acids is 1. The van der Waals surface area contributed by atoms with Crippen molar-refractivity contribution in [2.24, 2.45) is 0 Å². The summed E-state index contributed by atoms with van der Waals surface area (Å²) in [6.07, 6.45) is 1.35. The van der Waals surface area contributed by atoms with E-state index in [-0.39, 0.29) is 11.9 Å². The van der Waals surface area contributed by atoms with Crippen molar-refractivity contribution in [1.82, 2.24) is 5.32 Å². The Bertz CT molecular complexity index is 617. The van der Waals surface area contributed by atoms with Gasteiger partial charge in [-0.1, -0.05) is 23.7 Å². The summed E-state index contributed by atoms with van der Waals surface area (Å²) in [6.45, 7) is 0. The standard InChI is InChI=1S/C16H15ClN2OS/c17-14-6-4-12(5-7-14)16(13-8-10-21-11-13)19-15(20)3-1-2-9-18/h4-8,10-11,16H,1-3H2,(H,19,20). The zero-order chi connectivity index (χ0) is 15.1. The molecule has 0 aliphatic heterocycles. The molecule has 2 aromatic rings. The topological polar surface area (TPSA) is 52.9 Å². The van der Waals surface area contributed by atoms with Gasteiger partial charge in [0, 0.05) is 17.9 Å². The first-order chi connectivity index (χ1) is 10.2. The maximum Gasteiger partial charge on any atom is 0.220 e. The molecule has 5 heteroatoms. The lowest BCUT2D eigenvalue weighted by molar-refractivity contribution is -0.121. The summed E-state index contributed by atoms with van der Waals surface area (Å²) in [7, 11) is 0. The summed E-state index contributed by atoms with van der Waals surface area (Å²) in [5, 5.41) is 16.2. The third-order valence-electron chi connectivity index (χ3n) is 3.08. The monoisotopic (exact) mass is 318 g/mol. The molecule has 0 spiro atoms. The number of hydrogen-bond acceptors (Lipinski definition) is 3. The molecule has 0 aliphatic carbocycles. The van der Waals surface area contributed by atoms with Crippen LogP contribution in [0.15, 0.2) is 41.1 Å². The first kappa shape index (κ1) is 15.6. The second kappa shape index (κ2) is 7.82. The molecule has 0 bridgehead atoms. The van der Waals surface area contributed by atoms with Crippen LogP contribution in [0.4, 0.5) is 0 Å². The van der Waals surface area contributed by atoms with Crippen LogP contribution in [0.5, 0.6) is 0 Å². The second-order valence-corrected chi connectivity index (χ2v) is 5.84. The zero-order valence-corrected chi connectivity index (χ0v) is 13.0. The fraction of sp³-hybridized carbons (Fsp3) is 0.250. The average Bonchev–Trinajstić information content (AvgIpc) is 3.00. The number of halogens is 1. The predicted octanol–water partition coefficient (Wildman–Crippen LogP) is 4.30. The quantitative estimate of drug-likeness (QED) is 0.807. The second-order valence-electron chi connectivity index (χ2n) is 4.62. The summed E-state index contributed by atoms with van der Waals surface area (Å²) >= 11 is 7.51. The Balaban J connectivity index is 2.12. The minimum Gasteiger partial charge on any atom is -0.345 e. The highest BCUT2D eigenvalue weighted by molar-refractivity contribution is 7.08. The average molecular weight is 319 g/mol. The lowest BCUT2D eigenvalue weighted by Crippen LogP contribution is -2.28. The van der Waals surface area contributed by atoms with Crippen LogP contribution in [0.2, 0.25) is 5.02 Å². The highest BCUT2D eigenvalue weighted by atomic mass is 35.5. The molecule has 3 nitrogen and oxygen atoms in total. The van der Waals surface area contributed by atoms with Crippen molar-refractivity contribution in [3.8, 4) is 6.07 Å². The number of unbranched alkanes of at least 4 members (excludes halogenated alkanes) is 1. The third-order valence-corrected chi connectivity index (χ3v) is 4.03. The van der Waals surface area contributed by atoms with E-state index in [4.69, 9.17) is 16.9 Å². The van der Waals surface area contributed by atoms with E-state index < -0.39 is 0 Å². The van der Waals surface area contributed by atoms with Crippen molar-refractivity contribution in [3.05, 3.63) is 57.2 Å². The first-order valence-electron chi connectivity index (χ1n) is 6.64. The van der Waals surface area contributed by atoms with E-state index in [1.54, 1.807) is 11.3 Å². The van der Waals surface area contributed by atoms with Crippen LogP contribution in [-0.4, -0.2) is 5.91 Å². The number of rotatable bonds is 6. The van der Waals surface area contributed by atoms with Crippen molar-refractivity contribution in [2.45, 2.75) is 25.3 Å². The zero-order valence-electron chi connectivity index (χ0n) is 11.4. The minimum atomic E-state index is -0.178. The fourth-order valence-electron chi connectivity index (χ4n) is 2.01. The number of thiophene rings is 1. The fourth-order valence-corrected chi connectivity index (χ4v) is 2.83. The molecule has 1 atom stereocenters. The molecule has 1 heterocycles. The van der Waals surface area contributed by atoms with Crippen molar-refractivity contribution in [2.75, 3.05) is 0 Å². The van der Waals surface area contributed by atoms with E-state index in [0.29, 0.717) is 24.3 Å². The smallest absolute Gasteiger partial charge is 0.220 e. The summed E-state index contributed by atoms with van der Waals surface area (Å²) in [5.41, 5.74) is 2.04. The Kier molecular flexibility index (Phi) is 5.79. The van der Waals surface area contributed by atoms with Gasteiger partial charge in [0.25, 0.3) is 0 Å². The van der Waals surface area contributed by atoms with E-state index in [9.17, 15) is 4.79 Å². The molecule has 21 heavy (non-hydrogen) atoms. The van der Waals surface area contributed by atoms with Crippen LogP contribution in [0.1, 0.15) is 36.4 Å². The predicted molar refractivity (Wildman–Crippen MR) is 85.2 cm³/mol. The number of benzene rings is 1. The van der Waals surface area contributed by atoms with Crippen LogP contribution in [0.25, 0.3) is 0 Å². The van der Waals surface area contributed by atoms with Crippen molar-refractivity contribution < 1.29 is 4.79 Å². The van der Waals surface area contributed by atoms with Crippen LogP contribution in [0, 0.1) is 11.3 Å². The van der Waals surface area contributed by atoms with Crippen molar-refractivity contribution in [3.63, 3.8) is 0 Å². The SMILES string of the molecule is N#CCCCC(=O)NC(c1ccc(Cl)cc1)c1ccsc1. The molecule has 108 valence electrons. The van der Waals surface area contributed by atoms with Crippen LogP contribution >= 0.6 is 22.9 Å². The number of nitrogens with one attached hydrogen (secondary N) is 1. The summed E-state index contributed by atoms with van der Waals surface area (Å²) < 4.78 is 0. The van der Waals surface area contributed by atoms with Gasteiger partial charge < -0.3 is 5.32 Å². The van der Waals surface area contributed by atoms with Gasteiger partial charge in [0.15, 0.2) is 0 Å². The molecule has 2 rings (SSSR count). The number of amides is 1. The molecule has 1 aromatic heterocycles. The normalized spacial score (nSPS) is 11.6. The van der Waals surface area contributed by atoms with Gasteiger partial charge >= 0.3 is 0 Å². The van der Waals surface area contributed by atoms with Crippen LogP contribution in [-0.2, 0) is 4.79 Å². The van der Waals surface area contributed by atoms with Gasteiger partial charge in [-0.05, 0) is 46.5 Å². The molecule has 0 saturated carbocycles. The summed E-state index contributed by atoms with van der Waals surface area (Å²) in [4.78, 5) is 12.0. The van der Waals surface area contributed by atoms with Crippen molar-refractivity contribution >= 4 is 28.8 Å². The molecule has 1 unspecified atom stereocenters. The number of nitrogens with zero attached hydrogens (tertiary/aromatic N) is 1. The number of hydrogen-bond donors (Lipinski definition) is 1. The maximum absolute atomic E-state index is 12.0. The van der Waals surface area contributed by atoms with Gasteiger partial charge in [-0.2, -0.15) is 16.6 Å². The molecule has 1 amide bonds. The first-order valence-corrected chi connectivity index (χ1v) is 7.96. The molecule has 1 N–H and O–H groups in total. The van der Waals surface area contributed by atoms with Crippen molar-refractivity contribution in [1.29, 1.82) is 5.26 Å². The highest BCUT2D eigenvalue weighted by Crippen LogP contribution is 2.25.